The number of rotatable bonds is 3. The molecular weight excluding hydrogens is 651 g/mol. The smallest absolute Gasteiger partial charge is 0.0726 e. The third kappa shape index (κ3) is 3.78. The van der Waals surface area contributed by atoms with Crippen LogP contribution < -0.4 is 4.90 Å². The van der Waals surface area contributed by atoms with Crippen LogP contribution in [0.5, 0.6) is 0 Å². The summed E-state index contributed by atoms with van der Waals surface area (Å²) in [5, 5.41) is 10.1. The Morgan fingerprint density at radius 1 is 0.296 bits per heavy atom. The molecular formula is C53H33N. The zero-order valence-electron chi connectivity index (χ0n) is 29.5. The second-order valence-electron chi connectivity index (χ2n) is 14.7. The standard InChI is InChI=1S/C53H33N/c1-2-17-36-34(15-1)16-13-29-50(36)54(35-31-32-41-39-20-4-3-18-37(39)38-19-5-6-21-40(38)45(41)33-35)51-30-14-28-49-52(51)44-24-9-12-27-48(44)53(49)46-25-10-7-22-42(46)43-23-8-11-26-47(43)53/h1-33H. The summed E-state index contributed by atoms with van der Waals surface area (Å²) in [5.74, 6) is 0. The van der Waals surface area contributed by atoms with Crippen LogP contribution in [0.2, 0.25) is 0 Å². The molecule has 250 valence electrons. The summed E-state index contributed by atoms with van der Waals surface area (Å²) >= 11 is 0. The lowest BCUT2D eigenvalue weighted by Crippen LogP contribution is -2.26. The van der Waals surface area contributed by atoms with Gasteiger partial charge < -0.3 is 4.90 Å². The second kappa shape index (κ2) is 11.0. The third-order valence-corrected chi connectivity index (χ3v) is 12.2. The predicted molar refractivity (Wildman–Crippen MR) is 227 cm³/mol. The normalized spacial score (nSPS) is 13.3. The lowest BCUT2D eigenvalue weighted by molar-refractivity contribution is 0.794. The average Bonchev–Trinajstić information content (AvgIpc) is 3.72. The van der Waals surface area contributed by atoms with Crippen molar-refractivity contribution in [2.24, 2.45) is 0 Å². The Morgan fingerprint density at radius 2 is 0.741 bits per heavy atom. The minimum atomic E-state index is -0.419. The molecule has 0 aromatic heterocycles. The van der Waals surface area contributed by atoms with Gasteiger partial charge in [0.05, 0.1) is 16.8 Å². The zero-order chi connectivity index (χ0) is 35.4. The van der Waals surface area contributed by atoms with Gasteiger partial charge in [-0.3, -0.25) is 0 Å². The van der Waals surface area contributed by atoms with Crippen LogP contribution in [-0.4, -0.2) is 0 Å². The molecule has 0 fully saturated rings. The molecule has 0 bridgehead atoms. The van der Waals surface area contributed by atoms with Gasteiger partial charge in [0.2, 0.25) is 0 Å². The summed E-state index contributed by atoms with van der Waals surface area (Å²) in [6, 6.07) is 74.6. The fourth-order valence-electron chi connectivity index (χ4n) is 10.2. The minimum Gasteiger partial charge on any atom is -0.309 e. The molecule has 2 aliphatic rings. The molecule has 1 heteroatoms. The van der Waals surface area contributed by atoms with E-state index in [1.807, 2.05) is 0 Å². The average molecular weight is 684 g/mol. The topological polar surface area (TPSA) is 3.24 Å². The quantitative estimate of drug-likeness (QED) is 0.168. The SMILES string of the molecule is c1ccc2c(c1)-c1ccccc1C21c2ccccc2-c2c(N(c3ccc4c5ccccc5c5ccccc5c4c3)c3cccc4ccccc34)cccc21. The molecule has 54 heavy (non-hydrogen) atoms. The van der Waals surface area contributed by atoms with E-state index >= 15 is 0 Å². The number of anilines is 3. The second-order valence-corrected chi connectivity index (χ2v) is 14.7. The molecule has 0 radical (unpaired) electrons. The van der Waals surface area contributed by atoms with E-state index in [9.17, 15) is 0 Å². The Kier molecular flexibility index (Phi) is 6.04. The summed E-state index contributed by atoms with van der Waals surface area (Å²) in [5.41, 5.74) is 13.7. The van der Waals surface area contributed by atoms with Gasteiger partial charge in [0, 0.05) is 16.6 Å². The van der Waals surface area contributed by atoms with Crippen LogP contribution in [0.25, 0.3) is 65.3 Å². The summed E-state index contributed by atoms with van der Waals surface area (Å²) in [6.45, 7) is 0. The highest BCUT2D eigenvalue weighted by Crippen LogP contribution is 2.64. The van der Waals surface area contributed by atoms with Crippen molar-refractivity contribution in [3.8, 4) is 22.3 Å². The summed E-state index contributed by atoms with van der Waals surface area (Å²) in [4.78, 5) is 2.53. The first-order chi connectivity index (χ1) is 26.8. The largest absolute Gasteiger partial charge is 0.309 e. The van der Waals surface area contributed by atoms with Crippen molar-refractivity contribution in [1.82, 2.24) is 0 Å². The predicted octanol–water partition coefficient (Wildman–Crippen LogP) is 14.1. The molecule has 1 nitrogen and oxygen atoms in total. The molecule has 0 N–H and O–H groups in total. The maximum Gasteiger partial charge on any atom is 0.0726 e. The van der Waals surface area contributed by atoms with E-state index in [4.69, 9.17) is 0 Å². The van der Waals surface area contributed by atoms with Gasteiger partial charge in [-0.1, -0.05) is 176 Å². The van der Waals surface area contributed by atoms with Crippen molar-refractivity contribution in [3.63, 3.8) is 0 Å². The molecule has 0 heterocycles. The molecule has 0 atom stereocenters. The zero-order valence-corrected chi connectivity index (χ0v) is 29.5. The minimum absolute atomic E-state index is 0.419. The molecule has 0 aliphatic heterocycles. The molecule has 1 spiro atoms. The molecule has 0 amide bonds. The Labute approximate surface area is 314 Å². The lowest BCUT2D eigenvalue weighted by Gasteiger charge is -2.32. The van der Waals surface area contributed by atoms with Gasteiger partial charge in [0.1, 0.15) is 0 Å². The van der Waals surface area contributed by atoms with Crippen molar-refractivity contribution in [1.29, 1.82) is 0 Å². The van der Waals surface area contributed by atoms with Crippen LogP contribution >= 0.6 is 0 Å². The van der Waals surface area contributed by atoms with Gasteiger partial charge in [0.25, 0.3) is 0 Å². The van der Waals surface area contributed by atoms with Crippen molar-refractivity contribution in [2.75, 3.05) is 4.90 Å². The van der Waals surface area contributed by atoms with E-state index in [0.717, 1.165) is 11.4 Å². The Morgan fingerprint density at radius 3 is 1.41 bits per heavy atom. The number of nitrogens with zero attached hydrogens (tertiary/aromatic N) is 1. The van der Waals surface area contributed by atoms with Crippen molar-refractivity contribution in [2.45, 2.75) is 5.41 Å². The fourth-order valence-corrected chi connectivity index (χ4v) is 10.2. The van der Waals surface area contributed by atoms with E-state index in [-0.39, 0.29) is 0 Å². The van der Waals surface area contributed by atoms with Crippen LogP contribution in [0.15, 0.2) is 200 Å². The third-order valence-electron chi connectivity index (χ3n) is 12.2. The first kappa shape index (κ1) is 29.6. The summed E-state index contributed by atoms with van der Waals surface area (Å²) < 4.78 is 0. The molecule has 10 aromatic rings. The van der Waals surface area contributed by atoms with E-state index in [2.05, 4.69) is 205 Å². The van der Waals surface area contributed by atoms with Crippen LogP contribution in [0.4, 0.5) is 17.1 Å². The number of benzene rings is 10. The van der Waals surface area contributed by atoms with E-state index in [0.29, 0.717) is 0 Å². The van der Waals surface area contributed by atoms with Crippen LogP contribution in [0.1, 0.15) is 22.3 Å². The molecule has 0 saturated heterocycles. The Bertz CT molecular complexity index is 3100. The maximum absolute atomic E-state index is 2.53. The fraction of sp³-hybridized carbons (Fsp3) is 0.0189. The summed E-state index contributed by atoms with van der Waals surface area (Å²) in [6.07, 6.45) is 0. The Hall–Kier alpha value is -6.96. The van der Waals surface area contributed by atoms with Gasteiger partial charge in [-0.25, -0.2) is 0 Å². The highest BCUT2D eigenvalue weighted by atomic mass is 15.1. The first-order valence-corrected chi connectivity index (χ1v) is 18.9. The van der Waals surface area contributed by atoms with Crippen LogP contribution in [0, 0.1) is 0 Å². The van der Waals surface area contributed by atoms with Gasteiger partial charge in [0.15, 0.2) is 0 Å². The van der Waals surface area contributed by atoms with Gasteiger partial charge in [-0.15, -0.1) is 0 Å². The first-order valence-electron chi connectivity index (χ1n) is 18.9. The molecule has 12 rings (SSSR count). The molecule has 2 aliphatic carbocycles. The highest BCUT2D eigenvalue weighted by Gasteiger charge is 2.52. The lowest BCUT2D eigenvalue weighted by atomic mass is 9.70. The van der Waals surface area contributed by atoms with E-state index in [1.54, 1.807) is 0 Å². The van der Waals surface area contributed by atoms with E-state index < -0.39 is 5.41 Å². The Balaban J connectivity index is 1.21. The number of fused-ring (bicyclic) bond motifs is 17. The van der Waals surface area contributed by atoms with Gasteiger partial charge in [-0.2, -0.15) is 0 Å². The number of hydrogen-bond donors (Lipinski definition) is 0. The van der Waals surface area contributed by atoms with Crippen LogP contribution in [0.3, 0.4) is 0 Å². The monoisotopic (exact) mass is 683 g/mol. The van der Waals surface area contributed by atoms with Crippen molar-refractivity contribution < 1.29 is 0 Å². The molecule has 0 saturated carbocycles. The highest BCUT2D eigenvalue weighted by molar-refractivity contribution is 6.26. The number of hydrogen-bond acceptors (Lipinski definition) is 1. The van der Waals surface area contributed by atoms with Gasteiger partial charge >= 0.3 is 0 Å². The molecule has 0 unspecified atom stereocenters. The van der Waals surface area contributed by atoms with Crippen molar-refractivity contribution >= 4 is 60.2 Å². The van der Waals surface area contributed by atoms with E-state index in [1.165, 1.54) is 93.3 Å². The maximum atomic E-state index is 2.53. The van der Waals surface area contributed by atoms with Gasteiger partial charge in [-0.05, 0) is 101 Å². The molecule has 10 aromatic carbocycles. The van der Waals surface area contributed by atoms with Crippen molar-refractivity contribution in [3.05, 3.63) is 222 Å². The van der Waals surface area contributed by atoms with Crippen LogP contribution in [-0.2, 0) is 5.41 Å². The summed E-state index contributed by atoms with van der Waals surface area (Å²) in [7, 11) is 0.